The van der Waals surface area contributed by atoms with Crippen LogP contribution in [0.1, 0.15) is 22.4 Å². The summed E-state index contributed by atoms with van der Waals surface area (Å²) in [4.78, 5) is 5.55. The standard InChI is InChI=1S/C15H8BrCl3F3NOS/c1-6-2-11(25-13(6)16)10-5-14(24-23-10,15(20,21)22)7-3-8(17)12(19)9(18)4-7/h2-4H,5H2,1H3/t14-/m0/s1. The first-order valence-electron chi connectivity index (χ1n) is 6.78. The molecule has 0 fully saturated rings. The van der Waals surface area contributed by atoms with Gasteiger partial charge in [-0.25, -0.2) is 0 Å². The van der Waals surface area contributed by atoms with E-state index < -0.39 is 18.2 Å². The van der Waals surface area contributed by atoms with E-state index in [9.17, 15) is 13.2 Å². The molecule has 1 aliphatic heterocycles. The first-order chi connectivity index (χ1) is 11.5. The number of oxime groups is 1. The summed E-state index contributed by atoms with van der Waals surface area (Å²) >= 11 is 22.3. The molecule has 2 heterocycles. The number of alkyl halides is 3. The molecular formula is C15H8BrCl3F3NOS. The van der Waals surface area contributed by atoms with Crippen molar-refractivity contribution in [2.75, 3.05) is 0 Å². The molecule has 2 nitrogen and oxygen atoms in total. The highest BCUT2D eigenvalue weighted by molar-refractivity contribution is 9.11. The quantitative estimate of drug-likeness (QED) is 0.401. The summed E-state index contributed by atoms with van der Waals surface area (Å²) in [7, 11) is 0. The molecule has 25 heavy (non-hydrogen) atoms. The minimum absolute atomic E-state index is 0.0126. The number of hydrogen-bond donors (Lipinski definition) is 0. The van der Waals surface area contributed by atoms with Crippen molar-refractivity contribution in [3.8, 4) is 0 Å². The highest BCUT2D eigenvalue weighted by Crippen LogP contribution is 2.51. The molecule has 0 amide bonds. The summed E-state index contributed by atoms with van der Waals surface area (Å²) in [6, 6.07) is 3.97. The Bertz CT molecular complexity index is 841. The van der Waals surface area contributed by atoms with Crippen molar-refractivity contribution < 1.29 is 18.0 Å². The van der Waals surface area contributed by atoms with Crippen LogP contribution in [0.3, 0.4) is 0 Å². The van der Waals surface area contributed by atoms with E-state index in [4.69, 9.17) is 39.6 Å². The average molecular weight is 494 g/mol. The van der Waals surface area contributed by atoms with Crippen LogP contribution in [0.2, 0.25) is 15.1 Å². The zero-order chi connectivity index (χ0) is 18.6. The van der Waals surface area contributed by atoms with Gasteiger partial charge in [-0.15, -0.1) is 11.3 Å². The molecule has 0 saturated heterocycles. The van der Waals surface area contributed by atoms with E-state index in [0.29, 0.717) is 4.88 Å². The molecule has 0 spiro atoms. The molecule has 0 N–H and O–H groups in total. The molecular weight excluding hydrogens is 485 g/mol. The van der Waals surface area contributed by atoms with Crippen molar-refractivity contribution in [3.63, 3.8) is 0 Å². The maximum atomic E-state index is 13.9. The molecule has 134 valence electrons. The van der Waals surface area contributed by atoms with Crippen LogP contribution < -0.4 is 0 Å². The van der Waals surface area contributed by atoms with Gasteiger partial charge in [-0.1, -0.05) is 40.0 Å². The van der Waals surface area contributed by atoms with Gasteiger partial charge < -0.3 is 4.84 Å². The molecule has 0 bridgehead atoms. The van der Waals surface area contributed by atoms with Crippen molar-refractivity contribution in [1.29, 1.82) is 0 Å². The third-order valence-corrected chi connectivity index (χ3v) is 7.16. The van der Waals surface area contributed by atoms with Gasteiger partial charge >= 0.3 is 6.18 Å². The Balaban J connectivity index is 2.07. The van der Waals surface area contributed by atoms with Crippen LogP contribution in [0.5, 0.6) is 0 Å². The topological polar surface area (TPSA) is 21.6 Å². The smallest absolute Gasteiger partial charge is 0.374 e. The van der Waals surface area contributed by atoms with E-state index in [1.165, 1.54) is 11.3 Å². The van der Waals surface area contributed by atoms with Gasteiger partial charge in [-0.3, -0.25) is 0 Å². The van der Waals surface area contributed by atoms with Crippen LogP contribution in [0.15, 0.2) is 27.1 Å². The second-order valence-electron chi connectivity index (χ2n) is 5.45. The maximum absolute atomic E-state index is 13.9. The number of benzene rings is 1. The predicted octanol–water partition coefficient (Wildman–Crippen LogP) is 7.36. The Kier molecular flexibility index (Phi) is 5.10. The summed E-state index contributed by atoms with van der Waals surface area (Å²) in [6.07, 6.45) is -5.22. The van der Waals surface area contributed by atoms with Gasteiger partial charge in [0, 0.05) is 5.56 Å². The average Bonchev–Trinajstić information content (AvgIpc) is 3.09. The molecule has 1 aromatic heterocycles. The zero-order valence-electron chi connectivity index (χ0n) is 12.3. The second-order valence-corrected chi connectivity index (χ2v) is 9.01. The Hall–Kier alpha value is -0.470. The van der Waals surface area contributed by atoms with Crippen molar-refractivity contribution in [2.24, 2.45) is 5.16 Å². The lowest BCUT2D eigenvalue weighted by Gasteiger charge is -2.29. The summed E-state index contributed by atoms with van der Waals surface area (Å²) in [5, 5.41) is 3.53. The minimum Gasteiger partial charge on any atom is -0.374 e. The number of nitrogens with zero attached hydrogens (tertiary/aromatic N) is 1. The van der Waals surface area contributed by atoms with Crippen LogP contribution in [-0.4, -0.2) is 11.9 Å². The van der Waals surface area contributed by atoms with Gasteiger partial charge in [0.15, 0.2) is 0 Å². The minimum atomic E-state index is -4.73. The molecule has 3 rings (SSSR count). The lowest BCUT2D eigenvalue weighted by Crippen LogP contribution is -2.42. The van der Waals surface area contributed by atoms with Gasteiger partial charge in [-0.2, -0.15) is 13.2 Å². The van der Waals surface area contributed by atoms with Crippen molar-refractivity contribution in [2.45, 2.75) is 25.1 Å². The third-order valence-electron chi connectivity index (χ3n) is 3.78. The fraction of sp³-hybridized carbons (Fsp3) is 0.267. The fourth-order valence-corrected chi connectivity index (χ4v) is 4.54. The first kappa shape index (κ1) is 19.3. The van der Waals surface area contributed by atoms with Crippen molar-refractivity contribution >= 4 is 67.8 Å². The summed E-state index contributed by atoms with van der Waals surface area (Å²) in [5.74, 6) is 0. The molecule has 0 unspecified atom stereocenters. The summed E-state index contributed by atoms with van der Waals surface area (Å²) in [5.41, 5.74) is -1.79. The lowest BCUT2D eigenvalue weighted by molar-refractivity contribution is -0.275. The van der Waals surface area contributed by atoms with Crippen LogP contribution in [0.25, 0.3) is 0 Å². The molecule has 2 aromatic rings. The molecule has 1 aromatic carbocycles. The largest absolute Gasteiger partial charge is 0.435 e. The third kappa shape index (κ3) is 3.30. The Morgan fingerprint density at radius 3 is 2.28 bits per heavy atom. The van der Waals surface area contributed by atoms with E-state index in [2.05, 4.69) is 21.1 Å². The van der Waals surface area contributed by atoms with E-state index >= 15 is 0 Å². The Morgan fingerprint density at radius 1 is 1.20 bits per heavy atom. The van der Waals surface area contributed by atoms with E-state index in [1.54, 1.807) is 6.07 Å². The van der Waals surface area contributed by atoms with Gasteiger partial charge in [0.2, 0.25) is 0 Å². The number of aryl methyl sites for hydroxylation is 1. The monoisotopic (exact) mass is 491 g/mol. The predicted molar refractivity (Wildman–Crippen MR) is 98.2 cm³/mol. The maximum Gasteiger partial charge on any atom is 0.435 e. The molecule has 1 atom stereocenters. The number of thiophene rings is 1. The van der Waals surface area contributed by atoms with Gasteiger partial charge in [0.25, 0.3) is 5.60 Å². The lowest BCUT2D eigenvalue weighted by atomic mass is 9.88. The highest BCUT2D eigenvalue weighted by Gasteiger charge is 2.62. The SMILES string of the molecule is Cc1cc(C2=NO[C@@](c3cc(Cl)c(Cl)c(Cl)c3)(C(F)(F)F)C2)sc1Br. The van der Waals surface area contributed by atoms with Crippen molar-refractivity contribution in [1.82, 2.24) is 0 Å². The molecule has 0 radical (unpaired) electrons. The van der Waals surface area contributed by atoms with E-state index in [-0.39, 0.29) is 26.3 Å². The zero-order valence-corrected chi connectivity index (χ0v) is 17.0. The normalized spacial score (nSPS) is 20.6. The van der Waals surface area contributed by atoms with Gasteiger partial charge in [0.05, 0.1) is 30.2 Å². The number of halogens is 7. The van der Waals surface area contributed by atoms with Gasteiger partial charge in [-0.05, 0) is 46.6 Å². The summed E-state index contributed by atoms with van der Waals surface area (Å²) < 4.78 is 42.6. The number of hydrogen-bond acceptors (Lipinski definition) is 3. The van der Waals surface area contributed by atoms with Crippen LogP contribution in [0, 0.1) is 6.92 Å². The number of rotatable bonds is 2. The van der Waals surface area contributed by atoms with Gasteiger partial charge in [0.1, 0.15) is 5.71 Å². The van der Waals surface area contributed by atoms with Crippen LogP contribution in [-0.2, 0) is 10.4 Å². The summed E-state index contributed by atoms with van der Waals surface area (Å²) in [6.45, 7) is 1.84. The van der Waals surface area contributed by atoms with E-state index in [0.717, 1.165) is 21.5 Å². The first-order valence-corrected chi connectivity index (χ1v) is 9.52. The molecule has 0 saturated carbocycles. The van der Waals surface area contributed by atoms with Crippen LogP contribution >= 0.6 is 62.1 Å². The highest BCUT2D eigenvalue weighted by atomic mass is 79.9. The Morgan fingerprint density at radius 2 is 1.80 bits per heavy atom. The molecule has 10 heteroatoms. The van der Waals surface area contributed by atoms with E-state index in [1.807, 2.05) is 6.92 Å². The molecule has 0 aliphatic carbocycles. The van der Waals surface area contributed by atoms with Crippen LogP contribution in [0.4, 0.5) is 13.2 Å². The fourth-order valence-electron chi connectivity index (χ4n) is 2.43. The Labute approximate surface area is 168 Å². The van der Waals surface area contributed by atoms with Crippen molar-refractivity contribution in [3.05, 3.63) is 53.1 Å². The molecule has 1 aliphatic rings. The second kappa shape index (κ2) is 6.60.